The molecular weight excluding hydrogens is 374 g/mol. The van der Waals surface area contributed by atoms with Crippen LogP contribution in [0.4, 0.5) is 5.69 Å². The second-order valence-corrected chi connectivity index (χ2v) is 6.86. The maximum atomic E-state index is 12.4. The minimum absolute atomic E-state index is 0.140. The highest BCUT2D eigenvalue weighted by Crippen LogP contribution is 2.30. The molecule has 6 nitrogen and oxygen atoms in total. The predicted octanol–water partition coefficient (Wildman–Crippen LogP) is 4.63. The first-order valence-corrected chi connectivity index (χ1v) is 9.60. The van der Waals surface area contributed by atoms with Gasteiger partial charge in [0.2, 0.25) is 5.91 Å². The molecule has 1 heterocycles. The molecule has 3 aromatic carbocycles. The van der Waals surface area contributed by atoms with Crippen molar-refractivity contribution >= 4 is 34.1 Å². The summed E-state index contributed by atoms with van der Waals surface area (Å²) >= 11 is 1.19. The van der Waals surface area contributed by atoms with Gasteiger partial charge in [-0.15, -0.1) is 10.2 Å². The fraction of sp³-hybridized carbons (Fsp3) is 0.0952. The molecule has 0 saturated carbocycles. The Morgan fingerprint density at radius 3 is 2.71 bits per heavy atom. The molecule has 0 aliphatic carbocycles. The number of methoxy groups -OCH3 is 1. The topological polar surface area (TPSA) is 77.2 Å². The molecule has 7 heteroatoms. The number of nitrogens with zero attached hydrogens (tertiary/aromatic N) is 2. The number of para-hydroxylation sites is 1. The zero-order chi connectivity index (χ0) is 19.3. The van der Waals surface area contributed by atoms with Crippen molar-refractivity contribution in [2.45, 2.75) is 5.22 Å². The Kier molecular flexibility index (Phi) is 5.25. The molecule has 0 radical (unpaired) electrons. The Morgan fingerprint density at radius 2 is 1.82 bits per heavy atom. The van der Waals surface area contributed by atoms with E-state index >= 15 is 0 Å². The number of rotatable bonds is 6. The number of carbonyl (C=O) groups is 1. The van der Waals surface area contributed by atoms with Crippen LogP contribution < -0.4 is 10.1 Å². The van der Waals surface area contributed by atoms with Crippen LogP contribution in [0.25, 0.3) is 22.2 Å². The van der Waals surface area contributed by atoms with E-state index in [1.165, 1.54) is 11.8 Å². The number of thioether (sulfide) groups is 1. The number of hydrogen-bond acceptors (Lipinski definition) is 6. The fourth-order valence-corrected chi connectivity index (χ4v) is 3.41. The highest BCUT2D eigenvalue weighted by molar-refractivity contribution is 7.99. The van der Waals surface area contributed by atoms with Crippen molar-refractivity contribution in [1.29, 1.82) is 0 Å². The molecule has 28 heavy (non-hydrogen) atoms. The van der Waals surface area contributed by atoms with E-state index in [0.29, 0.717) is 22.4 Å². The molecule has 1 amide bonds. The molecule has 140 valence electrons. The van der Waals surface area contributed by atoms with E-state index in [0.717, 1.165) is 16.5 Å². The number of ether oxygens (including phenoxy) is 1. The second-order valence-electron chi connectivity index (χ2n) is 5.94. The van der Waals surface area contributed by atoms with Gasteiger partial charge in [-0.1, -0.05) is 60.3 Å². The average molecular weight is 391 g/mol. The van der Waals surface area contributed by atoms with Crippen LogP contribution in [0.3, 0.4) is 0 Å². The number of amides is 1. The summed E-state index contributed by atoms with van der Waals surface area (Å²) in [7, 11) is 1.59. The molecule has 0 fully saturated rings. The van der Waals surface area contributed by atoms with Gasteiger partial charge in [-0.3, -0.25) is 4.79 Å². The first-order chi connectivity index (χ1) is 13.7. The van der Waals surface area contributed by atoms with Crippen molar-refractivity contribution in [2.24, 2.45) is 0 Å². The zero-order valence-electron chi connectivity index (χ0n) is 15.1. The van der Waals surface area contributed by atoms with Gasteiger partial charge in [0.25, 0.3) is 11.1 Å². The lowest BCUT2D eigenvalue weighted by molar-refractivity contribution is -0.113. The quantitative estimate of drug-likeness (QED) is 0.483. The highest BCUT2D eigenvalue weighted by atomic mass is 32.2. The molecule has 0 bridgehead atoms. The third-order valence-corrected chi connectivity index (χ3v) is 4.95. The number of carbonyl (C=O) groups excluding carboxylic acids is 1. The molecular formula is C21H17N3O3S. The van der Waals surface area contributed by atoms with Crippen molar-refractivity contribution in [3.05, 3.63) is 66.7 Å². The molecule has 0 atom stereocenters. The Hall–Kier alpha value is -3.32. The van der Waals surface area contributed by atoms with Gasteiger partial charge in [0.15, 0.2) is 0 Å². The molecule has 1 aromatic heterocycles. The van der Waals surface area contributed by atoms with Gasteiger partial charge in [0.1, 0.15) is 5.75 Å². The summed E-state index contributed by atoms with van der Waals surface area (Å²) in [6, 6.07) is 21.1. The molecule has 1 N–H and O–H groups in total. The van der Waals surface area contributed by atoms with E-state index in [1.807, 2.05) is 66.7 Å². The lowest BCUT2D eigenvalue weighted by atomic mass is 10.1. The first-order valence-electron chi connectivity index (χ1n) is 8.62. The number of aromatic nitrogens is 2. The van der Waals surface area contributed by atoms with E-state index in [1.54, 1.807) is 7.11 Å². The third-order valence-electron chi connectivity index (χ3n) is 4.13. The number of anilines is 1. The van der Waals surface area contributed by atoms with Crippen molar-refractivity contribution in [3.63, 3.8) is 0 Å². The summed E-state index contributed by atoms with van der Waals surface area (Å²) in [5, 5.41) is 13.4. The Labute approximate surface area is 165 Å². The summed E-state index contributed by atoms with van der Waals surface area (Å²) in [4.78, 5) is 12.4. The molecule has 0 unspecified atom stereocenters. The second kappa shape index (κ2) is 8.14. The van der Waals surface area contributed by atoms with Gasteiger partial charge < -0.3 is 14.5 Å². The van der Waals surface area contributed by atoms with Crippen LogP contribution in [0.5, 0.6) is 5.75 Å². The number of fused-ring (bicyclic) bond motifs is 1. The van der Waals surface area contributed by atoms with Crippen LogP contribution in [0.2, 0.25) is 0 Å². The highest BCUT2D eigenvalue weighted by Gasteiger charge is 2.14. The fourth-order valence-electron chi connectivity index (χ4n) is 2.85. The van der Waals surface area contributed by atoms with Gasteiger partial charge >= 0.3 is 0 Å². The van der Waals surface area contributed by atoms with Gasteiger partial charge in [-0.25, -0.2) is 0 Å². The van der Waals surface area contributed by atoms with Crippen molar-refractivity contribution in [3.8, 4) is 17.2 Å². The van der Waals surface area contributed by atoms with Gasteiger partial charge in [0.05, 0.1) is 18.4 Å². The molecule has 0 aliphatic heterocycles. The van der Waals surface area contributed by atoms with Gasteiger partial charge in [-0.05, 0) is 23.6 Å². The van der Waals surface area contributed by atoms with Crippen LogP contribution in [0.1, 0.15) is 0 Å². The number of benzene rings is 3. The van der Waals surface area contributed by atoms with E-state index in [9.17, 15) is 4.79 Å². The summed E-state index contributed by atoms with van der Waals surface area (Å²) in [5.74, 6) is 1.03. The van der Waals surface area contributed by atoms with Crippen LogP contribution >= 0.6 is 11.8 Å². The Morgan fingerprint density at radius 1 is 1.04 bits per heavy atom. The summed E-state index contributed by atoms with van der Waals surface area (Å²) in [6.07, 6.45) is 0. The number of hydrogen-bond donors (Lipinski definition) is 1. The molecule has 0 saturated heterocycles. The Balaban J connectivity index is 1.42. The maximum absolute atomic E-state index is 12.4. The van der Waals surface area contributed by atoms with Crippen molar-refractivity contribution < 1.29 is 13.9 Å². The Bertz CT molecular complexity index is 1120. The zero-order valence-corrected chi connectivity index (χ0v) is 15.9. The van der Waals surface area contributed by atoms with Crippen LogP contribution in [-0.2, 0) is 4.79 Å². The van der Waals surface area contributed by atoms with E-state index < -0.39 is 0 Å². The predicted molar refractivity (Wildman–Crippen MR) is 110 cm³/mol. The molecule has 4 rings (SSSR count). The smallest absolute Gasteiger partial charge is 0.277 e. The van der Waals surface area contributed by atoms with Crippen LogP contribution in [-0.4, -0.2) is 29.0 Å². The standard InChI is InChI=1S/C21H17N3O3S/c1-26-18-12-5-4-10-16(18)20-23-24-21(27-20)28-13-19(25)22-17-11-6-8-14-7-2-3-9-15(14)17/h2-12H,13H2,1H3,(H,22,25). The lowest BCUT2D eigenvalue weighted by Crippen LogP contribution is -2.14. The normalized spacial score (nSPS) is 10.8. The van der Waals surface area contributed by atoms with Gasteiger partial charge in [0, 0.05) is 11.1 Å². The molecule has 4 aromatic rings. The number of nitrogens with one attached hydrogen (secondary N) is 1. The molecule has 0 aliphatic rings. The summed E-state index contributed by atoms with van der Waals surface area (Å²) < 4.78 is 11.0. The van der Waals surface area contributed by atoms with E-state index in [2.05, 4.69) is 15.5 Å². The lowest BCUT2D eigenvalue weighted by Gasteiger charge is -2.07. The molecule has 0 spiro atoms. The minimum atomic E-state index is -0.140. The van der Waals surface area contributed by atoms with Gasteiger partial charge in [-0.2, -0.15) is 0 Å². The van der Waals surface area contributed by atoms with Crippen molar-refractivity contribution in [2.75, 3.05) is 18.2 Å². The first kappa shape index (κ1) is 18.1. The monoisotopic (exact) mass is 391 g/mol. The van der Waals surface area contributed by atoms with Crippen LogP contribution in [0.15, 0.2) is 76.4 Å². The summed E-state index contributed by atoms with van der Waals surface area (Å²) in [5.41, 5.74) is 1.49. The largest absolute Gasteiger partial charge is 0.496 e. The average Bonchev–Trinajstić information content (AvgIpc) is 3.21. The minimum Gasteiger partial charge on any atom is -0.496 e. The van der Waals surface area contributed by atoms with Crippen LogP contribution in [0, 0.1) is 0 Å². The summed E-state index contributed by atoms with van der Waals surface area (Å²) in [6.45, 7) is 0. The van der Waals surface area contributed by atoms with E-state index in [-0.39, 0.29) is 11.7 Å². The van der Waals surface area contributed by atoms with Crippen molar-refractivity contribution in [1.82, 2.24) is 10.2 Å². The third kappa shape index (κ3) is 3.84. The van der Waals surface area contributed by atoms with E-state index in [4.69, 9.17) is 9.15 Å². The maximum Gasteiger partial charge on any atom is 0.277 e. The SMILES string of the molecule is COc1ccccc1-c1nnc(SCC(=O)Nc2cccc3ccccc23)o1.